The lowest BCUT2D eigenvalue weighted by Crippen LogP contribution is -2.27. The number of amides is 1. The van der Waals surface area contributed by atoms with E-state index in [0.717, 1.165) is 23.1 Å². The first-order chi connectivity index (χ1) is 12.6. The van der Waals surface area contributed by atoms with Gasteiger partial charge in [0.25, 0.3) is 5.91 Å². The molecule has 0 unspecified atom stereocenters. The van der Waals surface area contributed by atoms with Gasteiger partial charge >= 0.3 is 0 Å². The molecule has 2 aromatic rings. The highest BCUT2D eigenvalue weighted by Gasteiger charge is 2.16. The summed E-state index contributed by atoms with van der Waals surface area (Å²) in [6.07, 6.45) is 1.24. The highest BCUT2D eigenvalue weighted by atomic mass is 32.2. The number of hydrogen-bond acceptors (Lipinski definition) is 4. The fraction of sp³-hybridized carbons (Fsp3) is 0.350. The van der Waals surface area contributed by atoms with Crippen LogP contribution in [0, 0.1) is 6.92 Å². The summed E-state index contributed by atoms with van der Waals surface area (Å²) in [6.45, 7) is 6.10. The molecular formula is C20H26N2O4S. The summed E-state index contributed by atoms with van der Waals surface area (Å²) in [4.78, 5) is 12.5. The predicted molar refractivity (Wildman–Crippen MR) is 108 cm³/mol. The van der Waals surface area contributed by atoms with Crippen LogP contribution in [0.25, 0.3) is 0 Å². The van der Waals surface area contributed by atoms with E-state index >= 15 is 0 Å². The van der Waals surface area contributed by atoms with E-state index in [0.29, 0.717) is 17.8 Å². The average Bonchev–Trinajstić information content (AvgIpc) is 2.59. The molecule has 0 spiro atoms. The summed E-state index contributed by atoms with van der Waals surface area (Å²) in [5.41, 5.74) is 2.62. The fourth-order valence-electron chi connectivity index (χ4n) is 2.51. The Bertz CT molecular complexity index is 906. The molecular weight excluding hydrogens is 364 g/mol. The second-order valence-electron chi connectivity index (χ2n) is 6.72. The van der Waals surface area contributed by atoms with Gasteiger partial charge in [0.15, 0.2) is 0 Å². The van der Waals surface area contributed by atoms with Crippen LogP contribution in [0.2, 0.25) is 0 Å². The maximum atomic E-state index is 12.5. The smallest absolute Gasteiger partial charge is 0.251 e. The van der Waals surface area contributed by atoms with Crippen molar-refractivity contribution in [1.29, 1.82) is 0 Å². The quantitative estimate of drug-likeness (QED) is 0.788. The van der Waals surface area contributed by atoms with Gasteiger partial charge in [-0.25, -0.2) is 8.42 Å². The van der Waals surface area contributed by atoms with Crippen LogP contribution in [0.4, 0.5) is 5.69 Å². The molecule has 0 aliphatic carbocycles. The van der Waals surface area contributed by atoms with Crippen molar-refractivity contribution >= 4 is 21.6 Å². The molecule has 27 heavy (non-hydrogen) atoms. The number of nitrogens with one attached hydrogen (secondary N) is 1. The Kier molecular flexibility index (Phi) is 6.49. The highest BCUT2D eigenvalue weighted by Crippen LogP contribution is 2.22. The summed E-state index contributed by atoms with van der Waals surface area (Å²) in [7, 11) is -1.93. The molecule has 0 heterocycles. The standard InChI is InChI=1S/C20H26N2O4S/c1-14(2)26-18-10-7-16(8-11-18)13-21-20(23)17-9-6-15(3)19(12-17)22(4)27(5,24)25/h6-12,14H,13H2,1-5H3,(H,21,23). The Morgan fingerprint density at radius 1 is 1.15 bits per heavy atom. The first-order valence-electron chi connectivity index (χ1n) is 8.66. The lowest BCUT2D eigenvalue weighted by molar-refractivity contribution is 0.0951. The number of aryl methyl sites for hydroxylation is 1. The molecule has 2 rings (SSSR count). The molecule has 0 saturated carbocycles. The number of anilines is 1. The van der Waals surface area contributed by atoms with Gasteiger partial charge in [0.2, 0.25) is 10.0 Å². The van der Waals surface area contributed by atoms with Crippen molar-refractivity contribution in [1.82, 2.24) is 5.32 Å². The van der Waals surface area contributed by atoms with Gasteiger partial charge in [0.1, 0.15) is 5.75 Å². The second kappa shape index (κ2) is 8.43. The third-order valence-corrected chi connectivity index (χ3v) is 5.25. The Morgan fingerprint density at radius 3 is 2.33 bits per heavy atom. The highest BCUT2D eigenvalue weighted by molar-refractivity contribution is 7.92. The van der Waals surface area contributed by atoms with Crippen molar-refractivity contribution in [3.05, 3.63) is 59.2 Å². The molecule has 1 N–H and O–H groups in total. The Balaban J connectivity index is 2.08. The number of carbonyl (C=O) groups excluding carboxylic acids is 1. The van der Waals surface area contributed by atoms with Gasteiger partial charge in [-0.2, -0.15) is 0 Å². The van der Waals surface area contributed by atoms with Crippen LogP contribution in [-0.2, 0) is 16.6 Å². The molecule has 1 amide bonds. The Hall–Kier alpha value is -2.54. The molecule has 0 saturated heterocycles. The molecule has 0 atom stereocenters. The summed E-state index contributed by atoms with van der Waals surface area (Å²) < 4.78 is 30.3. The molecule has 2 aromatic carbocycles. The van der Waals surface area contributed by atoms with Crippen molar-refractivity contribution < 1.29 is 17.9 Å². The van der Waals surface area contributed by atoms with Crippen molar-refractivity contribution in [2.45, 2.75) is 33.4 Å². The minimum absolute atomic E-state index is 0.108. The van der Waals surface area contributed by atoms with E-state index in [1.54, 1.807) is 25.1 Å². The van der Waals surface area contributed by atoms with Gasteiger partial charge in [-0.05, 0) is 56.2 Å². The lowest BCUT2D eigenvalue weighted by atomic mass is 10.1. The van der Waals surface area contributed by atoms with E-state index in [2.05, 4.69) is 5.32 Å². The van der Waals surface area contributed by atoms with Crippen molar-refractivity contribution in [3.8, 4) is 5.75 Å². The van der Waals surface area contributed by atoms with Crippen LogP contribution in [0.3, 0.4) is 0 Å². The van der Waals surface area contributed by atoms with Crippen molar-refractivity contribution in [2.75, 3.05) is 17.6 Å². The van der Waals surface area contributed by atoms with Crippen LogP contribution in [0.15, 0.2) is 42.5 Å². The van der Waals surface area contributed by atoms with Crippen LogP contribution >= 0.6 is 0 Å². The molecule has 146 valence electrons. The third kappa shape index (κ3) is 5.72. The number of sulfonamides is 1. The molecule has 0 bridgehead atoms. The van der Waals surface area contributed by atoms with Gasteiger partial charge in [0.05, 0.1) is 18.0 Å². The zero-order chi connectivity index (χ0) is 20.2. The van der Waals surface area contributed by atoms with Crippen LogP contribution in [-0.4, -0.2) is 33.7 Å². The molecule has 7 heteroatoms. The van der Waals surface area contributed by atoms with Gasteiger partial charge in [-0.3, -0.25) is 9.10 Å². The van der Waals surface area contributed by atoms with Gasteiger partial charge < -0.3 is 10.1 Å². The van der Waals surface area contributed by atoms with Crippen LogP contribution in [0.1, 0.15) is 35.3 Å². The van der Waals surface area contributed by atoms with Crippen molar-refractivity contribution in [2.24, 2.45) is 0 Å². The molecule has 0 aliphatic rings. The van der Waals surface area contributed by atoms with Crippen LogP contribution < -0.4 is 14.4 Å². The molecule has 0 radical (unpaired) electrons. The number of ether oxygens (including phenoxy) is 1. The predicted octanol–water partition coefficient (Wildman–Crippen LogP) is 3.11. The van der Waals surface area contributed by atoms with Gasteiger partial charge in [-0.1, -0.05) is 18.2 Å². The number of rotatable bonds is 7. The summed E-state index contributed by atoms with van der Waals surface area (Å²) in [6, 6.07) is 12.5. The summed E-state index contributed by atoms with van der Waals surface area (Å²) in [5.74, 6) is 0.521. The number of benzene rings is 2. The van der Waals surface area contributed by atoms with Crippen molar-refractivity contribution in [3.63, 3.8) is 0 Å². The van der Waals surface area contributed by atoms with E-state index < -0.39 is 10.0 Å². The fourth-order valence-corrected chi connectivity index (χ4v) is 3.06. The van der Waals surface area contributed by atoms with E-state index in [9.17, 15) is 13.2 Å². The minimum Gasteiger partial charge on any atom is -0.491 e. The van der Waals surface area contributed by atoms with E-state index in [1.807, 2.05) is 38.1 Å². The monoisotopic (exact) mass is 390 g/mol. The number of carbonyl (C=O) groups is 1. The molecule has 0 aliphatic heterocycles. The maximum Gasteiger partial charge on any atom is 0.251 e. The van der Waals surface area contributed by atoms with E-state index in [1.165, 1.54) is 11.4 Å². The molecule has 0 aromatic heterocycles. The van der Waals surface area contributed by atoms with Gasteiger partial charge in [-0.15, -0.1) is 0 Å². The Labute approximate surface area is 161 Å². The number of nitrogens with zero attached hydrogens (tertiary/aromatic N) is 1. The maximum absolute atomic E-state index is 12.5. The van der Waals surface area contributed by atoms with Crippen LogP contribution in [0.5, 0.6) is 5.75 Å². The third-order valence-electron chi connectivity index (χ3n) is 4.06. The molecule has 6 nitrogen and oxygen atoms in total. The van der Waals surface area contributed by atoms with E-state index in [-0.39, 0.29) is 12.0 Å². The second-order valence-corrected chi connectivity index (χ2v) is 8.74. The average molecular weight is 391 g/mol. The lowest BCUT2D eigenvalue weighted by Gasteiger charge is -2.19. The summed E-state index contributed by atoms with van der Waals surface area (Å²) in [5, 5.41) is 2.85. The first kappa shape index (κ1) is 20.8. The zero-order valence-electron chi connectivity index (χ0n) is 16.3. The Morgan fingerprint density at radius 2 is 1.78 bits per heavy atom. The summed E-state index contributed by atoms with van der Waals surface area (Å²) >= 11 is 0. The first-order valence-corrected chi connectivity index (χ1v) is 10.5. The topological polar surface area (TPSA) is 75.7 Å². The largest absolute Gasteiger partial charge is 0.491 e. The zero-order valence-corrected chi connectivity index (χ0v) is 17.1. The SMILES string of the molecule is Cc1ccc(C(=O)NCc2ccc(OC(C)C)cc2)cc1N(C)S(C)(=O)=O. The van der Waals surface area contributed by atoms with Gasteiger partial charge in [0, 0.05) is 19.2 Å². The van der Waals surface area contributed by atoms with E-state index in [4.69, 9.17) is 4.74 Å². The number of hydrogen-bond donors (Lipinski definition) is 1. The normalized spacial score (nSPS) is 11.3. The molecule has 0 fully saturated rings. The minimum atomic E-state index is -3.40.